The van der Waals surface area contributed by atoms with Crippen LogP contribution in [0.15, 0.2) is 29.2 Å². The van der Waals surface area contributed by atoms with E-state index in [0.29, 0.717) is 5.92 Å². The third kappa shape index (κ3) is 7.05. The molecule has 132 valence electrons. The smallest absolute Gasteiger partial charge is 0.270 e. The Bertz CT molecular complexity index is 520. The van der Waals surface area contributed by atoms with Gasteiger partial charge in [0.2, 0.25) is 0 Å². The standard InChI is InChI=1S/C19H32O3S/c1-4-6-8-10-12-17(11-9-7-5-2)18-13-15-19(16-14-18)23(20,21)22-3/h13-17H,4-12H2,1-3H3. The number of rotatable bonds is 12. The summed E-state index contributed by atoms with van der Waals surface area (Å²) in [5.41, 5.74) is 1.26. The summed E-state index contributed by atoms with van der Waals surface area (Å²) < 4.78 is 28.0. The molecule has 0 aromatic heterocycles. The zero-order valence-electron chi connectivity index (χ0n) is 14.9. The molecule has 1 unspecified atom stereocenters. The first-order valence-electron chi connectivity index (χ1n) is 8.95. The van der Waals surface area contributed by atoms with Gasteiger partial charge in [0.25, 0.3) is 10.1 Å². The number of hydrogen-bond donors (Lipinski definition) is 0. The van der Waals surface area contributed by atoms with Crippen LogP contribution in [0.25, 0.3) is 0 Å². The van der Waals surface area contributed by atoms with Crippen LogP contribution in [0.1, 0.15) is 83.1 Å². The molecule has 0 saturated heterocycles. The molecule has 0 spiro atoms. The third-order valence-corrected chi connectivity index (χ3v) is 5.71. The van der Waals surface area contributed by atoms with Gasteiger partial charge in [-0.25, -0.2) is 0 Å². The highest BCUT2D eigenvalue weighted by Crippen LogP contribution is 2.29. The third-order valence-electron chi connectivity index (χ3n) is 4.42. The van der Waals surface area contributed by atoms with E-state index in [-0.39, 0.29) is 4.90 Å². The fraction of sp³-hybridized carbons (Fsp3) is 0.684. The fourth-order valence-electron chi connectivity index (χ4n) is 2.94. The molecule has 4 heteroatoms. The van der Waals surface area contributed by atoms with Crippen LogP contribution in [0.2, 0.25) is 0 Å². The minimum atomic E-state index is -3.59. The highest BCUT2D eigenvalue weighted by atomic mass is 32.2. The molecule has 0 saturated carbocycles. The van der Waals surface area contributed by atoms with Gasteiger partial charge in [-0.1, -0.05) is 70.9 Å². The van der Waals surface area contributed by atoms with Crippen molar-refractivity contribution in [3.05, 3.63) is 29.8 Å². The topological polar surface area (TPSA) is 43.4 Å². The maximum Gasteiger partial charge on any atom is 0.296 e. The van der Waals surface area contributed by atoms with Gasteiger partial charge in [-0.15, -0.1) is 0 Å². The van der Waals surface area contributed by atoms with Gasteiger partial charge in [0.15, 0.2) is 0 Å². The highest BCUT2D eigenvalue weighted by Gasteiger charge is 2.15. The summed E-state index contributed by atoms with van der Waals surface area (Å²) >= 11 is 0. The van der Waals surface area contributed by atoms with Gasteiger partial charge in [0, 0.05) is 0 Å². The molecule has 0 fully saturated rings. The van der Waals surface area contributed by atoms with E-state index in [1.54, 1.807) is 12.1 Å². The van der Waals surface area contributed by atoms with Gasteiger partial charge in [-0.3, -0.25) is 4.18 Å². The molecule has 0 N–H and O–H groups in total. The van der Waals surface area contributed by atoms with E-state index < -0.39 is 10.1 Å². The van der Waals surface area contributed by atoms with Gasteiger partial charge >= 0.3 is 0 Å². The SMILES string of the molecule is CCCCCCC(CCCCC)c1ccc(S(=O)(=O)OC)cc1. The van der Waals surface area contributed by atoms with Crippen molar-refractivity contribution in [2.24, 2.45) is 0 Å². The lowest BCUT2D eigenvalue weighted by Crippen LogP contribution is -2.04. The van der Waals surface area contributed by atoms with E-state index in [1.807, 2.05) is 12.1 Å². The molecule has 0 amide bonds. The lowest BCUT2D eigenvalue weighted by molar-refractivity contribution is 0.397. The van der Waals surface area contributed by atoms with Gasteiger partial charge in [0.05, 0.1) is 12.0 Å². The van der Waals surface area contributed by atoms with E-state index >= 15 is 0 Å². The largest absolute Gasteiger partial charge is 0.296 e. The van der Waals surface area contributed by atoms with Crippen LogP contribution in [0, 0.1) is 0 Å². The van der Waals surface area contributed by atoms with E-state index in [9.17, 15) is 8.42 Å². The second-order valence-electron chi connectivity index (χ2n) is 6.23. The molecule has 1 aromatic carbocycles. The Morgan fingerprint density at radius 2 is 1.39 bits per heavy atom. The van der Waals surface area contributed by atoms with Crippen molar-refractivity contribution in [2.75, 3.05) is 7.11 Å². The predicted octanol–water partition coefficient (Wildman–Crippen LogP) is 5.66. The number of unbranched alkanes of at least 4 members (excludes halogenated alkanes) is 5. The van der Waals surface area contributed by atoms with Gasteiger partial charge in [-0.2, -0.15) is 8.42 Å². The summed E-state index contributed by atoms with van der Waals surface area (Å²) in [5, 5.41) is 0. The summed E-state index contributed by atoms with van der Waals surface area (Å²) in [6, 6.07) is 7.27. The Labute approximate surface area is 142 Å². The lowest BCUT2D eigenvalue weighted by Gasteiger charge is -2.18. The molecule has 1 aromatic rings. The first-order valence-corrected chi connectivity index (χ1v) is 10.4. The van der Waals surface area contributed by atoms with E-state index in [0.717, 1.165) is 0 Å². The molecule has 0 aliphatic rings. The Kier molecular flexibility index (Phi) is 9.49. The molecule has 1 atom stereocenters. The lowest BCUT2D eigenvalue weighted by atomic mass is 9.88. The van der Waals surface area contributed by atoms with Gasteiger partial charge in [0.1, 0.15) is 0 Å². The first-order chi connectivity index (χ1) is 11.0. The molecule has 23 heavy (non-hydrogen) atoms. The molecule has 0 heterocycles. The molecule has 0 aliphatic heterocycles. The minimum Gasteiger partial charge on any atom is -0.270 e. The maximum atomic E-state index is 11.7. The molecule has 0 bridgehead atoms. The molecule has 0 radical (unpaired) electrons. The Morgan fingerprint density at radius 3 is 1.91 bits per heavy atom. The van der Waals surface area contributed by atoms with Crippen LogP contribution in [-0.4, -0.2) is 15.5 Å². The maximum absolute atomic E-state index is 11.7. The van der Waals surface area contributed by atoms with Crippen molar-refractivity contribution in [1.82, 2.24) is 0 Å². The number of benzene rings is 1. The molecule has 1 rings (SSSR count). The van der Waals surface area contributed by atoms with Crippen LogP contribution in [-0.2, 0) is 14.3 Å². The predicted molar refractivity (Wildman–Crippen MR) is 96.3 cm³/mol. The molecule has 0 aliphatic carbocycles. The zero-order valence-corrected chi connectivity index (χ0v) is 15.7. The van der Waals surface area contributed by atoms with E-state index in [1.165, 1.54) is 70.5 Å². The Morgan fingerprint density at radius 1 is 0.870 bits per heavy atom. The van der Waals surface area contributed by atoms with Crippen molar-refractivity contribution >= 4 is 10.1 Å². The van der Waals surface area contributed by atoms with Crippen molar-refractivity contribution in [3.63, 3.8) is 0 Å². The minimum absolute atomic E-state index is 0.238. The normalized spacial score (nSPS) is 13.2. The number of hydrogen-bond acceptors (Lipinski definition) is 3. The molecular weight excluding hydrogens is 308 g/mol. The summed E-state index contributed by atoms with van der Waals surface area (Å²) in [6.07, 6.45) is 11.2. The van der Waals surface area contributed by atoms with Gasteiger partial charge in [-0.05, 0) is 36.5 Å². The van der Waals surface area contributed by atoms with Crippen LogP contribution in [0.4, 0.5) is 0 Å². The monoisotopic (exact) mass is 340 g/mol. The fourth-order valence-corrected chi connectivity index (χ4v) is 3.60. The van der Waals surface area contributed by atoms with E-state index in [2.05, 4.69) is 18.0 Å². The van der Waals surface area contributed by atoms with Crippen molar-refractivity contribution < 1.29 is 12.6 Å². The van der Waals surface area contributed by atoms with E-state index in [4.69, 9.17) is 0 Å². The Hall–Kier alpha value is -0.870. The van der Waals surface area contributed by atoms with Crippen molar-refractivity contribution in [2.45, 2.75) is 82.4 Å². The second-order valence-corrected chi connectivity index (χ2v) is 7.94. The first kappa shape index (κ1) is 20.2. The van der Waals surface area contributed by atoms with Gasteiger partial charge < -0.3 is 0 Å². The van der Waals surface area contributed by atoms with Crippen LogP contribution >= 0.6 is 0 Å². The summed E-state index contributed by atoms with van der Waals surface area (Å²) in [7, 11) is -2.39. The zero-order chi connectivity index (χ0) is 17.1. The summed E-state index contributed by atoms with van der Waals surface area (Å²) in [4.78, 5) is 0.238. The van der Waals surface area contributed by atoms with Crippen molar-refractivity contribution in [3.8, 4) is 0 Å². The second kappa shape index (κ2) is 10.8. The average Bonchev–Trinajstić information content (AvgIpc) is 2.57. The quantitative estimate of drug-likeness (QED) is 0.364. The van der Waals surface area contributed by atoms with Crippen LogP contribution in [0.3, 0.4) is 0 Å². The van der Waals surface area contributed by atoms with Crippen LogP contribution < -0.4 is 0 Å². The summed E-state index contributed by atoms with van der Waals surface area (Å²) in [5.74, 6) is 0.540. The molecule has 3 nitrogen and oxygen atoms in total. The average molecular weight is 341 g/mol. The Balaban J connectivity index is 2.75. The molecular formula is C19H32O3S. The highest BCUT2D eigenvalue weighted by molar-refractivity contribution is 7.86. The summed E-state index contributed by atoms with van der Waals surface area (Å²) in [6.45, 7) is 4.45. The van der Waals surface area contributed by atoms with Crippen LogP contribution in [0.5, 0.6) is 0 Å². The van der Waals surface area contributed by atoms with Crippen molar-refractivity contribution in [1.29, 1.82) is 0 Å².